The van der Waals surface area contributed by atoms with Crippen molar-refractivity contribution in [3.8, 4) is 0 Å². The molecule has 0 aliphatic rings. The first-order valence-corrected chi connectivity index (χ1v) is 7.14. The predicted molar refractivity (Wildman–Crippen MR) is 75.9 cm³/mol. The maximum Gasteiger partial charge on any atom is 0.306 e. The van der Waals surface area contributed by atoms with Crippen LogP contribution in [0.5, 0.6) is 0 Å². The number of aryl methyl sites for hydroxylation is 1. The summed E-state index contributed by atoms with van der Waals surface area (Å²) in [4.78, 5) is 19.9. The number of anilines is 1. The van der Waals surface area contributed by atoms with Crippen LogP contribution < -0.4 is 11.3 Å². The Bertz CT molecular complexity index is 440. The van der Waals surface area contributed by atoms with Crippen LogP contribution >= 0.6 is 11.8 Å². The van der Waals surface area contributed by atoms with Gasteiger partial charge in [0, 0.05) is 17.7 Å². The summed E-state index contributed by atoms with van der Waals surface area (Å²) in [5, 5.41) is 0.857. The Balaban J connectivity index is 2.79. The second kappa shape index (κ2) is 7.96. The third-order valence-corrected chi connectivity index (χ3v) is 3.61. The van der Waals surface area contributed by atoms with Crippen LogP contribution in [0.3, 0.4) is 0 Å². The first-order chi connectivity index (χ1) is 9.12. The van der Waals surface area contributed by atoms with E-state index in [2.05, 4.69) is 27.1 Å². The smallest absolute Gasteiger partial charge is 0.306 e. The Morgan fingerprint density at radius 2 is 2.21 bits per heavy atom. The molecule has 3 N–H and O–H groups in total. The average molecular weight is 284 g/mol. The van der Waals surface area contributed by atoms with Gasteiger partial charge < -0.3 is 10.2 Å². The number of esters is 1. The molecule has 0 aliphatic carbocycles. The van der Waals surface area contributed by atoms with Crippen LogP contribution in [0.25, 0.3) is 0 Å². The summed E-state index contributed by atoms with van der Waals surface area (Å²) in [6.07, 6.45) is 2.14. The van der Waals surface area contributed by atoms with Crippen LogP contribution in [0, 0.1) is 6.92 Å². The number of hydrazine groups is 1. The molecule has 0 saturated heterocycles. The van der Waals surface area contributed by atoms with Crippen molar-refractivity contribution in [1.29, 1.82) is 0 Å². The molecule has 106 valence electrons. The molecule has 0 atom stereocenters. The summed E-state index contributed by atoms with van der Waals surface area (Å²) >= 11 is 1.51. The number of carbonyl (C=O) groups is 1. The fourth-order valence-electron chi connectivity index (χ4n) is 1.49. The molecule has 0 saturated carbocycles. The summed E-state index contributed by atoms with van der Waals surface area (Å²) < 4.78 is 4.61. The number of carbonyl (C=O) groups excluding carboxylic acids is 1. The lowest BCUT2D eigenvalue weighted by Gasteiger charge is -2.11. The maximum atomic E-state index is 11.1. The van der Waals surface area contributed by atoms with Crippen LogP contribution in [0.15, 0.2) is 5.03 Å². The van der Waals surface area contributed by atoms with Gasteiger partial charge >= 0.3 is 5.97 Å². The molecule has 0 spiro atoms. The molecule has 0 aromatic carbocycles. The third-order valence-electron chi connectivity index (χ3n) is 2.53. The van der Waals surface area contributed by atoms with Crippen molar-refractivity contribution in [3.05, 3.63) is 11.4 Å². The van der Waals surface area contributed by atoms with E-state index in [0.717, 1.165) is 29.3 Å². The highest BCUT2D eigenvalue weighted by atomic mass is 32.2. The number of hydrogen-bond donors (Lipinski definition) is 2. The van der Waals surface area contributed by atoms with Crippen molar-refractivity contribution < 1.29 is 9.53 Å². The van der Waals surface area contributed by atoms with Gasteiger partial charge in [0.1, 0.15) is 16.7 Å². The molecule has 0 unspecified atom stereocenters. The molecule has 7 heteroatoms. The van der Waals surface area contributed by atoms with Crippen molar-refractivity contribution in [2.24, 2.45) is 5.84 Å². The molecule has 1 aromatic rings. The summed E-state index contributed by atoms with van der Waals surface area (Å²) in [6.45, 7) is 3.98. The number of hydrogen-bond acceptors (Lipinski definition) is 7. The minimum atomic E-state index is -0.217. The summed E-state index contributed by atoms with van der Waals surface area (Å²) in [5.74, 6) is 7.27. The van der Waals surface area contributed by atoms with Crippen molar-refractivity contribution >= 4 is 23.5 Å². The number of nitrogens with zero attached hydrogens (tertiary/aromatic N) is 2. The molecule has 19 heavy (non-hydrogen) atoms. The van der Waals surface area contributed by atoms with E-state index in [1.807, 2.05) is 6.92 Å². The highest BCUT2D eigenvalue weighted by Gasteiger charge is 2.11. The molecule has 1 rings (SSSR count). The average Bonchev–Trinajstić information content (AvgIpc) is 2.41. The molecule has 1 heterocycles. The van der Waals surface area contributed by atoms with Gasteiger partial charge in [-0.05, 0) is 13.3 Å². The highest BCUT2D eigenvalue weighted by Crippen LogP contribution is 2.25. The standard InChI is InChI=1S/C12H20N4O2S/c1-4-5-9-14-11(16-13)8(2)12(15-9)19-7-6-10(17)18-3/h4-7,13H2,1-3H3,(H,14,15,16). The number of thioether (sulfide) groups is 1. The summed E-state index contributed by atoms with van der Waals surface area (Å²) in [5.41, 5.74) is 3.49. The van der Waals surface area contributed by atoms with Gasteiger partial charge in [0.2, 0.25) is 0 Å². The van der Waals surface area contributed by atoms with Crippen molar-refractivity contribution in [3.63, 3.8) is 0 Å². The lowest BCUT2D eigenvalue weighted by Crippen LogP contribution is -2.13. The lowest BCUT2D eigenvalue weighted by molar-refractivity contribution is -0.140. The summed E-state index contributed by atoms with van der Waals surface area (Å²) in [6, 6.07) is 0. The largest absolute Gasteiger partial charge is 0.469 e. The number of rotatable bonds is 7. The summed E-state index contributed by atoms with van der Waals surface area (Å²) in [7, 11) is 1.39. The van der Waals surface area contributed by atoms with E-state index in [4.69, 9.17) is 5.84 Å². The van der Waals surface area contributed by atoms with E-state index in [9.17, 15) is 4.79 Å². The van der Waals surface area contributed by atoms with Gasteiger partial charge in [0.15, 0.2) is 0 Å². The van der Waals surface area contributed by atoms with E-state index >= 15 is 0 Å². The first kappa shape index (κ1) is 15.7. The van der Waals surface area contributed by atoms with E-state index in [1.165, 1.54) is 18.9 Å². The zero-order valence-corrected chi connectivity index (χ0v) is 12.3. The van der Waals surface area contributed by atoms with Crippen molar-refractivity contribution in [1.82, 2.24) is 9.97 Å². The Hall–Kier alpha value is -1.34. The Kier molecular flexibility index (Phi) is 6.58. The molecular formula is C12H20N4O2S. The van der Waals surface area contributed by atoms with Gasteiger partial charge in [-0.25, -0.2) is 15.8 Å². The van der Waals surface area contributed by atoms with Crippen LogP contribution in [0.1, 0.15) is 31.2 Å². The number of nitrogen functional groups attached to an aromatic ring is 1. The van der Waals surface area contributed by atoms with Gasteiger partial charge in [-0.3, -0.25) is 4.79 Å². The second-order valence-electron chi connectivity index (χ2n) is 3.99. The van der Waals surface area contributed by atoms with Crippen molar-refractivity contribution in [2.45, 2.75) is 38.1 Å². The van der Waals surface area contributed by atoms with Crippen LogP contribution in [0.2, 0.25) is 0 Å². The quantitative estimate of drug-likeness (QED) is 0.259. The first-order valence-electron chi connectivity index (χ1n) is 6.16. The molecule has 0 fully saturated rings. The molecular weight excluding hydrogens is 264 g/mol. The topological polar surface area (TPSA) is 90.1 Å². The fraction of sp³-hybridized carbons (Fsp3) is 0.583. The highest BCUT2D eigenvalue weighted by molar-refractivity contribution is 7.99. The number of methoxy groups -OCH3 is 1. The molecule has 0 radical (unpaired) electrons. The van der Waals surface area contributed by atoms with Gasteiger partial charge in [-0.2, -0.15) is 0 Å². The normalized spacial score (nSPS) is 10.3. The second-order valence-corrected chi connectivity index (χ2v) is 5.07. The van der Waals surface area contributed by atoms with Crippen molar-refractivity contribution in [2.75, 3.05) is 18.3 Å². The minimum absolute atomic E-state index is 0.217. The zero-order chi connectivity index (χ0) is 14.3. The van der Waals surface area contributed by atoms with E-state index in [0.29, 0.717) is 18.0 Å². The molecule has 0 aliphatic heterocycles. The molecule has 0 bridgehead atoms. The number of nitrogens with one attached hydrogen (secondary N) is 1. The molecule has 0 amide bonds. The Morgan fingerprint density at radius 3 is 2.79 bits per heavy atom. The van der Waals surface area contributed by atoms with Gasteiger partial charge in [0.05, 0.1) is 13.5 Å². The minimum Gasteiger partial charge on any atom is -0.469 e. The molecule has 6 nitrogen and oxygen atoms in total. The lowest BCUT2D eigenvalue weighted by atomic mass is 10.3. The number of aromatic nitrogens is 2. The predicted octanol–water partition coefficient (Wildman–Crippen LogP) is 1.68. The Morgan fingerprint density at radius 1 is 1.47 bits per heavy atom. The fourth-order valence-corrected chi connectivity index (χ4v) is 2.44. The van der Waals surface area contributed by atoms with Crippen LogP contribution in [-0.2, 0) is 16.0 Å². The van der Waals surface area contributed by atoms with Crippen LogP contribution in [0.4, 0.5) is 5.82 Å². The number of nitrogens with two attached hydrogens (primary N) is 1. The van der Waals surface area contributed by atoms with Gasteiger partial charge in [0.25, 0.3) is 0 Å². The third kappa shape index (κ3) is 4.68. The van der Waals surface area contributed by atoms with E-state index < -0.39 is 0 Å². The van der Waals surface area contributed by atoms with Crippen LogP contribution in [-0.4, -0.2) is 28.8 Å². The van der Waals surface area contributed by atoms with E-state index in [1.54, 1.807) is 0 Å². The van der Waals surface area contributed by atoms with E-state index in [-0.39, 0.29) is 5.97 Å². The van der Waals surface area contributed by atoms with Gasteiger partial charge in [-0.15, -0.1) is 11.8 Å². The number of ether oxygens (including phenoxy) is 1. The SMILES string of the molecule is CCCc1nc(NN)c(C)c(SCCC(=O)OC)n1. The molecule has 1 aromatic heterocycles. The zero-order valence-electron chi connectivity index (χ0n) is 11.5. The monoisotopic (exact) mass is 284 g/mol. The Labute approximate surface area is 117 Å². The van der Waals surface area contributed by atoms with Gasteiger partial charge in [-0.1, -0.05) is 6.92 Å². The maximum absolute atomic E-state index is 11.1.